The highest BCUT2D eigenvalue weighted by Crippen LogP contribution is 2.28. The van der Waals surface area contributed by atoms with Gasteiger partial charge in [-0.05, 0) is 55.8 Å². The van der Waals surface area contributed by atoms with Gasteiger partial charge in [-0.15, -0.1) is 0 Å². The Morgan fingerprint density at radius 3 is 2.41 bits per heavy atom. The number of amides is 1. The average molecular weight is 455 g/mol. The molecule has 0 saturated heterocycles. The van der Waals surface area contributed by atoms with Crippen molar-refractivity contribution in [1.29, 1.82) is 0 Å². The lowest BCUT2D eigenvalue weighted by atomic mass is 10.2. The molecule has 0 unspecified atom stereocenters. The first-order valence-electron chi connectivity index (χ1n) is 10.1. The lowest BCUT2D eigenvalue weighted by molar-refractivity contribution is 0.102. The molecule has 0 radical (unpaired) electrons. The minimum absolute atomic E-state index is 0.0299. The van der Waals surface area contributed by atoms with Gasteiger partial charge in [0.1, 0.15) is 18.1 Å². The minimum atomic E-state index is -3.72. The SMILES string of the molecule is COc1ccc(S(=O)(=O)NC(C)C)cc1NC(=O)c1cccc(OCc2ccccc2)c1. The van der Waals surface area contributed by atoms with Crippen molar-refractivity contribution in [2.45, 2.75) is 31.4 Å². The Balaban J connectivity index is 1.78. The third-order valence-corrected chi connectivity index (χ3v) is 6.12. The van der Waals surface area contributed by atoms with Crippen molar-refractivity contribution < 1.29 is 22.7 Å². The van der Waals surface area contributed by atoms with Crippen LogP contribution < -0.4 is 19.5 Å². The molecule has 1 amide bonds. The van der Waals surface area contributed by atoms with Crippen LogP contribution in [-0.4, -0.2) is 27.5 Å². The molecule has 7 nitrogen and oxygen atoms in total. The molecule has 32 heavy (non-hydrogen) atoms. The summed E-state index contributed by atoms with van der Waals surface area (Å²) in [6.45, 7) is 3.84. The zero-order valence-corrected chi connectivity index (χ0v) is 19.0. The summed E-state index contributed by atoms with van der Waals surface area (Å²) in [5.41, 5.74) is 1.63. The van der Waals surface area contributed by atoms with Gasteiger partial charge in [-0.25, -0.2) is 13.1 Å². The van der Waals surface area contributed by atoms with Crippen LogP contribution in [0.3, 0.4) is 0 Å². The average Bonchev–Trinajstić information content (AvgIpc) is 2.77. The van der Waals surface area contributed by atoms with E-state index in [-0.39, 0.29) is 16.6 Å². The predicted octanol–water partition coefficient (Wildman–Crippen LogP) is 4.21. The number of sulfonamides is 1. The highest BCUT2D eigenvalue weighted by Gasteiger charge is 2.19. The first kappa shape index (κ1) is 23.3. The number of ether oxygens (including phenoxy) is 2. The van der Waals surface area contributed by atoms with Crippen LogP contribution in [0.25, 0.3) is 0 Å². The summed E-state index contributed by atoms with van der Waals surface area (Å²) in [4.78, 5) is 12.9. The molecule has 0 aliphatic heterocycles. The molecule has 0 saturated carbocycles. The van der Waals surface area contributed by atoms with E-state index in [2.05, 4.69) is 10.0 Å². The molecule has 0 aliphatic carbocycles. The molecule has 2 N–H and O–H groups in total. The number of nitrogens with one attached hydrogen (secondary N) is 2. The lowest BCUT2D eigenvalue weighted by Crippen LogP contribution is -2.30. The Morgan fingerprint density at radius 2 is 1.72 bits per heavy atom. The van der Waals surface area contributed by atoms with Gasteiger partial charge >= 0.3 is 0 Å². The molecule has 3 aromatic carbocycles. The molecule has 0 fully saturated rings. The molecule has 0 bridgehead atoms. The number of hydrogen-bond donors (Lipinski definition) is 2. The normalized spacial score (nSPS) is 11.2. The van der Waals surface area contributed by atoms with E-state index in [9.17, 15) is 13.2 Å². The monoisotopic (exact) mass is 454 g/mol. The molecular formula is C24H26N2O5S. The molecule has 0 aromatic heterocycles. The standard InChI is InChI=1S/C24H26N2O5S/c1-17(2)26-32(28,29)21-12-13-23(30-3)22(15-21)25-24(27)19-10-7-11-20(14-19)31-16-18-8-5-4-6-9-18/h4-15,17,26H,16H2,1-3H3,(H,25,27). The van der Waals surface area contributed by atoms with Gasteiger partial charge < -0.3 is 14.8 Å². The highest BCUT2D eigenvalue weighted by molar-refractivity contribution is 7.89. The van der Waals surface area contributed by atoms with Crippen molar-refractivity contribution in [3.8, 4) is 11.5 Å². The van der Waals surface area contributed by atoms with E-state index in [4.69, 9.17) is 9.47 Å². The summed E-state index contributed by atoms with van der Waals surface area (Å²) in [6, 6.07) is 20.5. The maximum atomic E-state index is 12.9. The van der Waals surface area contributed by atoms with Crippen molar-refractivity contribution in [2.24, 2.45) is 0 Å². The zero-order chi connectivity index (χ0) is 23.1. The van der Waals surface area contributed by atoms with E-state index in [0.29, 0.717) is 23.7 Å². The third-order valence-electron chi connectivity index (χ3n) is 4.46. The second-order valence-electron chi connectivity index (χ2n) is 7.39. The summed E-state index contributed by atoms with van der Waals surface area (Å²) in [6.07, 6.45) is 0. The maximum Gasteiger partial charge on any atom is 0.255 e. The number of hydrogen-bond acceptors (Lipinski definition) is 5. The smallest absolute Gasteiger partial charge is 0.255 e. The summed E-state index contributed by atoms with van der Waals surface area (Å²) < 4.78 is 38.6. The van der Waals surface area contributed by atoms with Crippen molar-refractivity contribution in [3.63, 3.8) is 0 Å². The van der Waals surface area contributed by atoms with Gasteiger partial charge in [0.2, 0.25) is 10.0 Å². The molecule has 0 heterocycles. The number of methoxy groups -OCH3 is 1. The summed E-state index contributed by atoms with van der Waals surface area (Å²) in [7, 11) is -2.28. The summed E-state index contributed by atoms with van der Waals surface area (Å²) in [5.74, 6) is 0.476. The number of rotatable bonds is 9. The van der Waals surface area contributed by atoms with Crippen LogP contribution in [0.15, 0.2) is 77.7 Å². The quantitative estimate of drug-likeness (QED) is 0.505. The van der Waals surface area contributed by atoms with E-state index in [1.165, 1.54) is 25.3 Å². The van der Waals surface area contributed by atoms with Gasteiger partial charge in [-0.3, -0.25) is 4.79 Å². The second kappa shape index (κ2) is 10.3. The fraction of sp³-hybridized carbons (Fsp3) is 0.208. The fourth-order valence-corrected chi connectivity index (χ4v) is 4.27. The maximum absolute atomic E-state index is 12.9. The first-order valence-corrected chi connectivity index (χ1v) is 11.6. The fourth-order valence-electron chi connectivity index (χ4n) is 2.99. The molecule has 0 atom stereocenters. The van der Waals surface area contributed by atoms with Crippen LogP contribution in [-0.2, 0) is 16.6 Å². The predicted molar refractivity (Wildman–Crippen MR) is 124 cm³/mol. The number of carbonyl (C=O) groups excluding carboxylic acids is 1. The topological polar surface area (TPSA) is 93.7 Å². The van der Waals surface area contributed by atoms with E-state index in [0.717, 1.165) is 5.56 Å². The van der Waals surface area contributed by atoms with Crippen LogP contribution in [0.4, 0.5) is 5.69 Å². The summed E-state index contributed by atoms with van der Waals surface area (Å²) >= 11 is 0. The Labute approximate surface area is 188 Å². The highest BCUT2D eigenvalue weighted by atomic mass is 32.2. The third kappa shape index (κ3) is 6.09. The Morgan fingerprint density at radius 1 is 0.969 bits per heavy atom. The van der Waals surface area contributed by atoms with E-state index >= 15 is 0 Å². The molecule has 3 rings (SSSR count). The van der Waals surface area contributed by atoms with E-state index < -0.39 is 15.9 Å². The summed E-state index contributed by atoms with van der Waals surface area (Å²) in [5, 5.41) is 2.73. The second-order valence-corrected chi connectivity index (χ2v) is 9.11. The van der Waals surface area contributed by atoms with Crippen LogP contribution in [0, 0.1) is 0 Å². The Kier molecular flexibility index (Phi) is 7.50. The molecule has 0 spiro atoms. The van der Waals surface area contributed by atoms with Gasteiger partial charge in [-0.2, -0.15) is 0 Å². The largest absolute Gasteiger partial charge is 0.495 e. The minimum Gasteiger partial charge on any atom is -0.495 e. The van der Waals surface area contributed by atoms with Crippen molar-refractivity contribution in [2.75, 3.05) is 12.4 Å². The van der Waals surface area contributed by atoms with Crippen molar-refractivity contribution in [1.82, 2.24) is 4.72 Å². The molecule has 3 aromatic rings. The Bertz CT molecular complexity index is 1180. The number of anilines is 1. The van der Waals surface area contributed by atoms with Crippen molar-refractivity contribution in [3.05, 3.63) is 83.9 Å². The van der Waals surface area contributed by atoms with Crippen LogP contribution >= 0.6 is 0 Å². The van der Waals surface area contributed by atoms with E-state index in [1.807, 2.05) is 30.3 Å². The van der Waals surface area contributed by atoms with Gasteiger partial charge in [-0.1, -0.05) is 36.4 Å². The van der Waals surface area contributed by atoms with Gasteiger partial charge in [0.25, 0.3) is 5.91 Å². The van der Waals surface area contributed by atoms with Gasteiger partial charge in [0.15, 0.2) is 0 Å². The van der Waals surface area contributed by atoms with Gasteiger partial charge in [0, 0.05) is 11.6 Å². The zero-order valence-electron chi connectivity index (χ0n) is 18.2. The first-order chi connectivity index (χ1) is 15.3. The number of benzene rings is 3. The molecule has 168 valence electrons. The molecule has 8 heteroatoms. The van der Waals surface area contributed by atoms with Gasteiger partial charge in [0.05, 0.1) is 17.7 Å². The lowest BCUT2D eigenvalue weighted by Gasteiger charge is -2.14. The number of carbonyl (C=O) groups is 1. The Hall–Kier alpha value is -3.36. The van der Waals surface area contributed by atoms with Crippen LogP contribution in [0.2, 0.25) is 0 Å². The van der Waals surface area contributed by atoms with E-state index in [1.54, 1.807) is 38.1 Å². The van der Waals surface area contributed by atoms with Crippen LogP contribution in [0.1, 0.15) is 29.8 Å². The molecule has 0 aliphatic rings. The van der Waals surface area contributed by atoms with Crippen molar-refractivity contribution >= 4 is 21.6 Å². The van der Waals surface area contributed by atoms with Crippen LogP contribution in [0.5, 0.6) is 11.5 Å². The molecular weight excluding hydrogens is 428 g/mol.